The van der Waals surface area contributed by atoms with Gasteiger partial charge in [0.2, 0.25) is 11.9 Å². The molecule has 11 nitrogen and oxygen atoms in total. The van der Waals surface area contributed by atoms with Crippen LogP contribution in [0.5, 0.6) is 5.75 Å². The summed E-state index contributed by atoms with van der Waals surface area (Å²) in [5.41, 5.74) is 4.12. The molecule has 0 radical (unpaired) electrons. The Labute approximate surface area is 247 Å². The van der Waals surface area contributed by atoms with E-state index in [1.54, 1.807) is 43.5 Å². The number of amides is 2. The van der Waals surface area contributed by atoms with E-state index in [4.69, 9.17) is 14.6 Å². The lowest BCUT2D eigenvalue weighted by Gasteiger charge is -2.43. The monoisotopic (exact) mass is 577 g/mol. The van der Waals surface area contributed by atoms with Crippen LogP contribution in [0, 0.1) is 11.8 Å². The summed E-state index contributed by atoms with van der Waals surface area (Å²) in [7, 11) is 5.52. The van der Waals surface area contributed by atoms with Crippen molar-refractivity contribution < 1.29 is 19.2 Å². The number of methoxy groups -OCH3 is 1. The molecule has 3 heterocycles. The number of hydroxylamine groups is 1. The lowest BCUT2D eigenvalue weighted by atomic mass is 10.0. The highest BCUT2D eigenvalue weighted by atomic mass is 16.7. The number of likely N-dealkylation sites (tertiary alicyclic amines) is 1. The molecule has 1 aromatic heterocycles. The Morgan fingerprint density at radius 2 is 1.86 bits per heavy atom. The molecule has 4 atom stereocenters. The van der Waals surface area contributed by atoms with Crippen molar-refractivity contribution in [2.24, 2.45) is 11.8 Å². The molecule has 2 aromatic rings. The standard InChI is InChI=1S/C31H43N7O4/c1-6-24-29(40)37(4)25-16-32-30(34-27(25)38(24)22-9-7-8-10-22)33-23-12-11-19(13-26(23)41-5)28(39)35-42-31(2)14-20-17-36(3)18-21(20)15-31/h11-13,16,20-22,24H,6-10,14-15,17-18H2,1-5H3,(H,35,39)(H,32,33,34)/t20-,21?,24+,31?/m0/s1. The molecule has 2 amide bonds. The molecule has 1 aromatic carbocycles. The van der Waals surface area contributed by atoms with Crippen molar-refractivity contribution in [3.05, 3.63) is 30.0 Å². The minimum atomic E-state index is -0.358. The number of rotatable bonds is 8. The number of fused-ring (bicyclic) bond motifs is 2. The van der Waals surface area contributed by atoms with Crippen LogP contribution in [-0.2, 0) is 9.63 Å². The van der Waals surface area contributed by atoms with Crippen LogP contribution in [-0.4, -0.2) is 78.7 Å². The molecule has 226 valence electrons. The van der Waals surface area contributed by atoms with Crippen molar-refractivity contribution in [3.8, 4) is 5.75 Å². The quantitative estimate of drug-likeness (QED) is 0.448. The van der Waals surface area contributed by atoms with Gasteiger partial charge in [-0.3, -0.25) is 14.4 Å². The number of carbonyl (C=O) groups is 2. The fourth-order valence-corrected chi connectivity index (χ4v) is 7.64. The zero-order valence-corrected chi connectivity index (χ0v) is 25.4. The minimum absolute atomic E-state index is 0.0816. The van der Waals surface area contributed by atoms with Crippen molar-refractivity contribution >= 4 is 35.0 Å². The largest absolute Gasteiger partial charge is 0.495 e. The molecule has 1 saturated heterocycles. The molecular weight excluding hydrogens is 534 g/mol. The van der Waals surface area contributed by atoms with Crippen molar-refractivity contribution in [1.29, 1.82) is 0 Å². The van der Waals surface area contributed by atoms with Gasteiger partial charge in [-0.05, 0) is 76.1 Å². The van der Waals surface area contributed by atoms with Crippen molar-refractivity contribution in [1.82, 2.24) is 20.3 Å². The fraction of sp³-hybridized carbons (Fsp3) is 0.613. The van der Waals surface area contributed by atoms with E-state index in [0.29, 0.717) is 46.9 Å². The number of likely N-dealkylation sites (N-methyl/N-ethyl adjacent to an activating group) is 1. The van der Waals surface area contributed by atoms with E-state index in [-0.39, 0.29) is 29.5 Å². The third-order valence-electron chi connectivity index (χ3n) is 9.66. The van der Waals surface area contributed by atoms with Gasteiger partial charge < -0.3 is 24.8 Å². The van der Waals surface area contributed by atoms with Crippen LogP contribution in [0.4, 0.5) is 23.1 Å². The molecule has 2 unspecified atom stereocenters. The average molecular weight is 578 g/mol. The Kier molecular flexibility index (Phi) is 7.74. The van der Waals surface area contributed by atoms with Crippen molar-refractivity contribution in [2.75, 3.05) is 49.4 Å². The third kappa shape index (κ3) is 5.28. The van der Waals surface area contributed by atoms with Gasteiger partial charge in [0.1, 0.15) is 17.5 Å². The molecule has 6 rings (SSSR count). The molecule has 42 heavy (non-hydrogen) atoms. The maximum atomic E-state index is 13.2. The molecule has 0 spiro atoms. The van der Waals surface area contributed by atoms with Crippen LogP contribution in [0.15, 0.2) is 24.4 Å². The maximum absolute atomic E-state index is 13.2. The van der Waals surface area contributed by atoms with E-state index < -0.39 is 0 Å². The molecule has 2 aliphatic heterocycles. The highest BCUT2D eigenvalue weighted by molar-refractivity contribution is 6.04. The smallest absolute Gasteiger partial charge is 0.274 e. The summed E-state index contributed by atoms with van der Waals surface area (Å²) in [4.78, 5) is 47.9. The Hall–Kier alpha value is -3.44. The second kappa shape index (κ2) is 11.3. The number of nitrogens with zero attached hydrogens (tertiary/aromatic N) is 5. The highest BCUT2D eigenvalue weighted by Crippen LogP contribution is 2.45. The first-order valence-electron chi connectivity index (χ1n) is 15.2. The predicted octanol–water partition coefficient (Wildman–Crippen LogP) is 4.12. The first kappa shape index (κ1) is 28.7. The number of hydrogen-bond acceptors (Lipinski definition) is 9. The molecule has 11 heteroatoms. The second-order valence-corrected chi connectivity index (χ2v) is 12.7. The molecule has 2 N–H and O–H groups in total. The number of hydrogen-bond donors (Lipinski definition) is 2. The van der Waals surface area contributed by atoms with Gasteiger partial charge in [-0.2, -0.15) is 4.98 Å². The highest BCUT2D eigenvalue weighted by Gasteiger charge is 2.47. The zero-order valence-electron chi connectivity index (χ0n) is 25.4. The number of anilines is 4. The molecule has 2 saturated carbocycles. The van der Waals surface area contributed by atoms with Gasteiger partial charge in [-0.15, -0.1) is 0 Å². The molecule has 3 fully saturated rings. The number of benzene rings is 1. The van der Waals surface area contributed by atoms with E-state index >= 15 is 0 Å². The van der Waals surface area contributed by atoms with Gasteiger partial charge in [0.15, 0.2) is 5.82 Å². The Bertz CT molecular complexity index is 1330. The SMILES string of the molecule is CC[C@@H]1C(=O)N(C)c2cnc(Nc3ccc(C(=O)NOC4(C)CC5CN(C)C[C@@H]5C4)cc3OC)nc2N1C1CCCC1. The van der Waals surface area contributed by atoms with Crippen LogP contribution in [0.3, 0.4) is 0 Å². The summed E-state index contributed by atoms with van der Waals surface area (Å²) < 4.78 is 5.64. The van der Waals surface area contributed by atoms with Crippen LogP contribution >= 0.6 is 0 Å². The summed E-state index contributed by atoms with van der Waals surface area (Å²) in [5, 5.41) is 3.27. The lowest BCUT2D eigenvalue weighted by molar-refractivity contribution is -0.120. The van der Waals surface area contributed by atoms with E-state index in [1.807, 2.05) is 0 Å². The van der Waals surface area contributed by atoms with Crippen LogP contribution in [0.1, 0.15) is 69.2 Å². The number of ether oxygens (including phenoxy) is 1. The summed E-state index contributed by atoms with van der Waals surface area (Å²) >= 11 is 0. The van der Waals surface area contributed by atoms with Crippen LogP contribution in [0.25, 0.3) is 0 Å². The average Bonchev–Trinajstić information content (AvgIpc) is 3.69. The van der Waals surface area contributed by atoms with Crippen molar-refractivity contribution in [3.63, 3.8) is 0 Å². The first-order chi connectivity index (χ1) is 20.2. The van der Waals surface area contributed by atoms with Crippen LogP contribution in [0.2, 0.25) is 0 Å². The first-order valence-corrected chi connectivity index (χ1v) is 15.2. The van der Waals surface area contributed by atoms with E-state index in [2.05, 4.69) is 46.5 Å². The maximum Gasteiger partial charge on any atom is 0.274 e. The summed E-state index contributed by atoms with van der Waals surface area (Å²) in [6.07, 6.45) is 8.73. The molecule has 0 bridgehead atoms. The van der Waals surface area contributed by atoms with E-state index in [9.17, 15) is 9.59 Å². The molecule has 2 aliphatic carbocycles. The fourth-order valence-electron chi connectivity index (χ4n) is 7.64. The van der Waals surface area contributed by atoms with Crippen LogP contribution < -0.4 is 25.3 Å². The number of nitrogens with one attached hydrogen (secondary N) is 2. The summed E-state index contributed by atoms with van der Waals surface area (Å²) in [6, 6.07) is 5.25. The number of aromatic nitrogens is 2. The zero-order chi connectivity index (χ0) is 29.6. The van der Waals surface area contributed by atoms with E-state index in [1.165, 1.54) is 0 Å². The predicted molar refractivity (Wildman–Crippen MR) is 161 cm³/mol. The number of carbonyl (C=O) groups excluding carboxylic acids is 2. The summed E-state index contributed by atoms with van der Waals surface area (Å²) in [5.74, 6) is 2.67. The Morgan fingerprint density at radius 3 is 2.52 bits per heavy atom. The van der Waals surface area contributed by atoms with Gasteiger partial charge in [0, 0.05) is 31.7 Å². The van der Waals surface area contributed by atoms with Gasteiger partial charge in [-0.25, -0.2) is 10.5 Å². The summed E-state index contributed by atoms with van der Waals surface area (Å²) in [6.45, 7) is 6.31. The normalized spacial score (nSPS) is 27.7. The molecule has 4 aliphatic rings. The van der Waals surface area contributed by atoms with Gasteiger partial charge >= 0.3 is 0 Å². The second-order valence-electron chi connectivity index (χ2n) is 12.7. The minimum Gasteiger partial charge on any atom is -0.495 e. The van der Waals surface area contributed by atoms with Crippen molar-refractivity contribution in [2.45, 2.75) is 76.5 Å². The van der Waals surface area contributed by atoms with Gasteiger partial charge in [0.05, 0.1) is 24.6 Å². The molecular formula is C31H43N7O4. The topological polar surface area (TPSA) is 112 Å². The Balaban J connectivity index is 1.17. The third-order valence-corrected chi connectivity index (χ3v) is 9.66. The lowest BCUT2D eigenvalue weighted by Crippen LogP contribution is -2.55. The Morgan fingerprint density at radius 1 is 1.14 bits per heavy atom. The van der Waals surface area contributed by atoms with Gasteiger partial charge in [-0.1, -0.05) is 19.8 Å². The van der Waals surface area contributed by atoms with Gasteiger partial charge in [0.25, 0.3) is 5.91 Å². The van der Waals surface area contributed by atoms with E-state index in [0.717, 1.165) is 57.4 Å².